The molecule has 1 aromatic heterocycles. The second kappa shape index (κ2) is 7.91. The first-order valence-corrected chi connectivity index (χ1v) is 9.77. The molecule has 1 aliphatic rings. The summed E-state index contributed by atoms with van der Waals surface area (Å²) in [5.41, 5.74) is 0.418. The predicted molar refractivity (Wildman–Crippen MR) is 111 cm³/mol. The molecule has 6 nitrogen and oxygen atoms in total. The SMILES string of the molecule is COc1ccc2c(=O)c3c(oc2c1)C(=O)N(CCCN(C)C)[C@@H]3c1ccccc1F. The first-order chi connectivity index (χ1) is 14.4. The maximum Gasteiger partial charge on any atom is 0.290 e. The molecule has 0 saturated heterocycles. The number of rotatable bonds is 6. The zero-order chi connectivity index (χ0) is 21.4. The molecule has 0 unspecified atom stereocenters. The van der Waals surface area contributed by atoms with E-state index in [9.17, 15) is 14.0 Å². The third kappa shape index (κ3) is 3.35. The fourth-order valence-corrected chi connectivity index (χ4v) is 3.93. The lowest BCUT2D eigenvalue weighted by Crippen LogP contribution is -2.32. The topological polar surface area (TPSA) is 63.0 Å². The zero-order valence-electron chi connectivity index (χ0n) is 17.1. The van der Waals surface area contributed by atoms with Crippen LogP contribution in [-0.4, -0.2) is 50.0 Å². The Morgan fingerprint density at radius 1 is 1.17 bits per heavy atom. The van der Waals surface area contributed by atoms with Gasteiger partial charge in [-0.25, -0.2) is 4.39 Å². The number of nitrogens with zero attached hydrogens (tertiary/aromatic N) is 2. The van der Waals surface area contributed by atoms with Crippen LogP contribution in [0.15, 0.2) is 51.7 Å². The highest BCUT2D eigenvalue weighted by Crippen LogP contribution is 2.39. The van der Waals surface area contributed by atoms with Gasteiger partial charge in [0.2, 0.25) is 5.76 Å². The molecule has 3 aromatic rings. The van der Waals surface area contributed by atoms with E-state index < -0.39 is 17.8 Å². The summed E-state index contributed by atoms with van der Waals surface area (Å²) in [6.45, 7) is 1.13. The Kier molecular flexibility index (Phi) is 5.30. The van der Waals surface area contributed by atoms with Crippen molar-refractivity contribution < 1.29 is 18.3 Å². The average Bonchev–Trinajstić information content (AvgIpc) is 3.00. The average molecular weight is 410 g/mol. The van der Waals surface area contributed by atoms with E-state index in [1.54, 1.807) is 36.4 Å². The number of methoxy groups -OCH3 is 1. The molecule has 0 bridgehead atoms. The molecule has 0 aliphatic carbocycles. The molecule has 1 atom stereocenters. The van der Waals surface area contributed by atoms with Crippen LogP contribution in [0.4, 0.5) is 4.39 Å². The quantitative estimate of drug-likeness (QED) is 0.623. The van der Waals surface area contributed by atoms with Gasteiger partial charge in [0.25, 0.3) is 5.91 Å². The van der Waals surface area contributed by atoms with E-state index >= 15 is 0 Å². The van der Waals surface area contributed by atoms with E-state index in [4.69, 9.17) is 9.15 Å². The van der Waals surface area contributed by atoms with E-state index in [0.717, 1.165) is 6.54 Å². The second-order valence-corrected chi connectivity index (χ2v) is 7.62. The van der Waals surface area contributed by atoms with E-state index in [1.165, 1.54) is 18.1 Å². The number of hydrogen-bond donors (Lipinski definition) is 0. The Labute approximate surface area is 173 Å². The molecule has 2 aromatic carbocycles. The van der Waals surface area contributed by atoms with Gasteiger partial charge >= 0.3 is 0 Å². The molecule has 4 rings (SSSR count). The standard InChI is InChI=1S/C23H23FN2O4/c1-25(2)11-6-12-26-20(15-7-4-5-8-17(15)24)19-21(27)16-10-9-14(29-3)13-18(16)30-22(19)23(26)28/h4-5,7-10,13,20H,6,11-12H2,1-3H3/t20-/m1/s1. The summed E-state index contributed by atoms with van der Waals surface area (Å²) in [5.74, 6) is -0.378. The highest BCUT2D eigenvalue weighted by Gasteiger charge is 2.43. The fourth-order valence-electron chi connectivity index (χ4n) is 3.93. The van der Waals surface area contributed by atoms with Crippen molar-refractivity contribution in [1.82, 2.24) is 9.80 Å². The lowest BCUT2D eigenvalue weighted by molar-refractivity contribution is 0.0720. The minimum Gasteiger partial charge on any atom is -0.497 e. The molecule has 30 heavy (non-hydrogen) atoms. The van der Waals surface area contributed by atoms with E-state index in [2.05, 4.69) is 0 Å². The van der Waals surface area contributed by atoms with Crippen LogP contribution in [0.2, 0.25) is 0 Å². The molecule has 2 heterocycles. The molecule has 0 N–H and O–H groups in total. The third-order valence-electron chi connectivity index (χ3n) is 5.38. The molecule has 1 amide bonds. The number of ether oxygens (including phenoxy) is 1. The fraction of sp³-hybridized carbons (Fsp3) is 0.304. The normalized spacial score (nSPS) is 15.8. The molecule has 0 spiro atoms. The predicted octanol–water partition coefficient (Wildman–Crippen LogP) is 3.44. The van der Waals surface area contributed by atoms with E-state index in [1.807, 2.05) is 19.0 Å². The van der Waals surface area contributed by atoms with Gasteiger partial charge in [-0.05, 0) is 45.3 Å². The minimum absolute atomic E-state index is 0.0288. The van der Waals surface area contributed by atoms with Crippen molar-refractivity contribution in [2.45, 2.75) is 12.5 Å². The summed E-state index contributed by atoms with van der Waals surface area (Å²) in [4.78, 5) is 30.2. The number of halogens is 1. The maximum absolute atomic E-state index is 14.7. The van der Waals surface area contributed by atoms with Gasteiger partial charge in [0, 0.05) is 18.2 Å². The van der Waals surface area contributed by atoms with Gasteiger partial charge in [-0.15, -0.1) is 0 Å². The van der Waals surface area contributed by atoms with E-state index in [-0.39, 0.29) is 27.9 Å². The van der Waals surface area contributed by atoms with Crippen LogP contribution in [0.25, 0.3) is 11.0 Å². The van der Waals surface area contributed by atoms with Crippen molar-refractivity contribution in [3.63, 3.8) is 0 Å². The Balaban J connectivity index is 1.90. The van der Waals surface area contributed by atoms with E-state index in [0.29, 0.717) is 24.1 Å². The number of carbonyl (C=O) groups is 1. The molecule has 7 heteroatoms. The van der Waals surface area contributed by atoms with Gasteiger partial charge in [0.15, 0.2) is 5.43 Å². The maximum atomic E-state index is 14.7. The van der Waals surface area contributed by atoms with Gasteiger partial charge in [0.05, 0.1) is 24.1 Å². The highest BCUT2D eigenvalue weighted by molar-refractivity contribution is 5.99. The number of hydrogen-bond acceptors (Lipinski definition) is 5. The van der Waals surface area contributed by atoms with Crippen LogP contribution in [0.3, 0.4) is 0 Å². The number of carbonyl (C=O) groups excluding carboxylic acids is 1. The molecular weight excluding hydrogens is 387 g/mol. The largest absolute Gasteiger partial charge is 0.497 e. The number of fused-ring (bicyclic) bond motifs is 2. The minimum atomic E-state index is -0.821. The van der Waals surface area contributed by atoms with Crippen molar-refractivity contribution >= 4 is 16.9 Å². The van der Waals surface area contributed by atoms with Crippen LogP contribution in [0.5, 0.6) is 5.75 Å². The van der Waals surface area contributed by atoms with Crippen molar-refractivity contribution in [1.29, 1.82) is 0 Å². The Morgan fingerprint density at radius 2 is 1.93 bits per heavy atom. The van der Waals surface area contributed by atoms with Crippen LogP contribution >= 0.6 is 0 Å². The Bertz CT molecular complexity index is 1170. The van der Waals surface area contributed by atoms with Gasteiger partial charge < -0.3 is 19.0 Å². The van der Waals surface area contributed by atoms with Crippen LogP contribution < -0.4 is 10.2 Å². The first-order valence-electron chi connectivity index (χ1n) is 9.77. The van der Waals surface area contributed by atoms with Crippen LogP contribution in [-0.2, 0) is 0 Å². The van der Waals surface area contributed by atoms with Crippen LogP contribution in [0.1, 0.15) is 34.1 Å². The molecular formula is C23H23FN2O4. The molecule has 0 radical (unpaired) electrons. The molecule has 0 saturated carbocycles. The van der Waals surface area contributed by atoms with Crippen molar-refractivity contribution in [3.05, 3.63) is 75.4 Å². The summed E-state index contributed by atoms with van der Waals surface area (Å²) in [5, 5.41) is 0.332. The zero-order valence-corrected chi connectivity index (χ0v) is 17.1. The summed E-state index contributed by atoms with van der Waals surface area (Å²) in [6, 6.07) is 10.3. The third-order valence-corrected chi connectivity index (χ3v) is 5.38. The smallest absolute Gasteiger partial charge is 0.290 e. The molecule has 0 fully saturated rings. The first kappa shape index (κ1) is 20.1. The van der Waals surface area contributed by atoms with Crippen molar-refractivity contribution in [2.24, 2.45) is 0 Å². The summed E-state index contributed by atoms with van der Waals surface area (Å²) < 4.78 is 25.8. The summed E-state index contributed by atoms with van der Waals surface area (Å²) in [7, 11) is 5.40. The summed E-state index contributed by atoms with van der Waals surface area (Å²) >= 11 is 0. The van der Waals surface area contributed by atoms with Gasteiger partial charge in [-0.3, -0.25) is 9.59 Å². The number of amides is 1. The van der Waals surface area contributed by atoms with Crippen molar-refractivity contribution in [3.8, 4) is 5.75 Å². The van der Waals surface area contributed by atoms with Crippen LogP contribution in [0, 0.1) is 5.82 Å². The Hall–Kier alpha value is -3.19. The number of benzene rings is 2. The summed E-state index contributed by atoms with van der Waals surface area (Å²) in [6.07, 6.45) is 0.680. The van der Waals surface area contributed by atoms with Gasteiger partial charge in [-0.1, -0.05) is 18.2 Å². The van der Waals surface area contributed by atoms with Gasteiger partial charge in [-0.2, -0.15) is 0 Å². The second-order valence-electron chi connectivity index (χ2n) is 7.62. The Morgan fingerprint density at radius 3 is 2.63 bits per heavy atom. The molecule has 156 valence electrons. The van der Waals surface area contributed by atoms with Gasteiger partial charge in [0.1, 0.15) is 17.1 Å². The molecule has 1 aliphatic heterocycles. The van der Waals surface area contributed by atoms with Crippen molar-refractivity contribution in [2.75, 3.05) is 34.3 Å². The highest BCUT2D eigenvalue weighted by atomic mass is 19.1. The lowest BCUT2D eigenvalue weighted by atomic mass is 9.98. The monoisotopic (exact) mass is 410 g/mol. The lowest BCUT2D eigenvalue weighted by Gasteiger charge is -2.26.